The van der Waals surface area contributed by atoms with Crippen LogP contribution in [0.1, 0.15) is 34.6 Å². The van der Waals surface area contributed by atoms with Gasteiger partial charge in [0.25, 0.3) is 0 Å². The Morgan fingerprint density at radius 1 is 1.21 bits per heavy atom. The van der Waals surface area contributed by atoms with Crippen LogP contribution in [0.15, 0.2) is 41.4 Å². The number of hydrogen-bond acceptors (Lipinski definition) is 3. The molecule has 0 saturated carbocycles. The molecule has 0 radical (unpaired) electrons. The van der Waals surface area contributed by atoms with Crippen LogP contribution in [0.2, 0.25) is 0 Å². The molecule has 0 fully saturated rings. The summed E-state index contributed by atoms with van der Waals surface area (Å²) < 4.78 is 0. The van der Waals surface area contributed by atoms with Gasteiger partial charge >= 0.3 is 0 Å². The van der Waals surface area contributed by atoms with Gasteiger partial charge in [0.05, 0.1) is 5.56 Å². The summed E-state index contributed by atoms with van der Waals surface area (Å²) >= 11 is 1.64. The molecule has 0 amide bonds. The van der Waals surface area contributed by atoms with Gasteiger partial charge in [-0.05, 0) is 38.0 Å². The first-order valence-electron chi connectivity index (χ1n) is 6.21. The van der Waals surface area contributed by atoms with Gasteiger partial charge in [0.2, 0.25) is 0 Å². The van der Waals surface area contributed by atoms with E-state index in [9.17, 15) is 5.26 Å². The van der Waals surface area contributed by atoms with E-state index < -0.39 is 0 Å². The summed E-state index contributed by atoms with van der Waals surface area (Å²) in [6, 6.07) is 14.5. The van der Waals surface area contributed by atoms with Crippen LogP contribution in [-0.2, 0) is 0 Å². The van der Waals surface area contributed by atoms with Gasteiger partial charge in [-0.15, -0.1) is 0 Å². The van der Waals surface area contributed by atoms with Gasteiger partial charge in [-0.3, -0.25) is 0 Å². The molecule has 0 spiro atoms. The topological polar surface area (TPSA) is 36.7 Å². The maximum atomic E-state index is 9.27. The Labute approximate surface area is 118 Å². The molecule has 1 atom stereocenters. The Morgan fingerprint density at radius 2 is 1.89 bits per heavy atom. The van der Waals surface area contributed by atoms with Crippen LogP contribution in [-0.4, -0.2) is 4.98 Å². The van der Waals surface area contributed by atoms with Crippen LogP contribution in [0.4, 0.5) is 0 Å². The lowest BCUT2D eigenvalue weighted by molar-refractivity contribution is 1.01. The largest absolute Gasteiger partial charge is 0.245 e. The Hall–Kier alpha value is -1.79. The average Bonchev–Trinajstić information content (AvgIpc) is 2.39. The van der Waals surface area contributed by atoms with E-state index in [2.05, 4.69) is 30.1 Å². The van der Waals surface area contributed by atoms with Gasteiger partial charge in [0.1, 0.15) is 11.1 Å². The van der Waals surface area contributed by atoms with Crippen molar-refractivity contribution in [2.75, 3.05) is 0 Å². The van der Waals surface area contributed by atoms with Crippen molar-refractivity contribution >= 4 is 11.8 Å². The lowest BCUT2D eigenvalue weighted by Crippen LogP contribution is -1.96. The number of nitrogens with zero attached hydrogens (tertiary/aromatic N) is 2. The molecule has 2 nitrogen and oxygen atoms in total. The van der Waals surface area contributed by atoms with Crippen LogP contribution in [0.5, 0.6) is 0 Å². The maximum absolute atomic E-state index is 9.27. The van der Waals surface area contributed by atoms with E-state index in [4.69, 9.17) is 0 Å². The molecule has 0 aliphatic rings. The van der Waals surface area contributed by atoms with Gasteiger partial charge in [-0.1, -0.05) is 42.1 Å². The number of hydrogen-bond donors (Lipinski definition) is 0. The van der Waals surface area contributed by atoms with E-state index in [0.717, 1.165) is 16.3 Å². The Bertz CT molecular complexity index is 615. The molecule has 1 unspecified atom stereocenters. The van der Waals surface area contributed by atoms with Crippen LogP contribution in [0.25, 0.3) is 0 Å². The van der Waals surface area contributed by atoms with Crippen molar-refractivity contribution < 1.29 is 0 Å². The van der Waals surface area contributed by atoms with Crippen molar-refractivity contribution in [1.82, 2.24) is 4.98 Å². The van der Waals surface area contributed by atoms with Gasteiger partial charge in [0.15, 0.2) is 0 Å². The van der Waals surface area contributed by atoms with Crippen LogP contribution in [0.3, 0.4) is 0 Å². The highest BCUT2D eigenvalue weighted by molar-refractivity contribution is 7.99. The minimum Gasteiger partial charge on any atom is -0.245 e. The second-order valence-electron chi connectivity index (χ2n) is 4.54. The number of pyridine rings is 1. The summed E-state index contributed by atoms with van der Waals surface area (Å²) in [6.45, 7) is 6.07. The Kier molecular flexibility index (Phi) is 4.24. The minimum absolute atomic E-state index is 0.280. The summed E-state index contributed by atoms with van der Waals surface area (Å²) in [5, 5.41) is 10.4. The monoisotopic (exact) mass is 268 g/mol. The summed E-state index contributed by atoms with van der Waals surface area (Å²) in [5.41, 5.74) is 3.90. The predicted molar refractivity (Wildman–Crippen MR) is 79.1 cm³/mol. The van der Waals surface area contributed by atoms with Crippen molar-refractivity contribution in [3.63, 3.8) is 0 Å². The van der Waals surface area contributed by atoms with E-state index >= 15 is 0 Å². The van der Waals surface area contributed by atoms with Crippen molar-refractivity contribution in [1.29, 1.82) is 5.26 Å². The van der Waals surface area contributed by atoms with Gasteiger partial charge < -0.3 is 0 Å². The number of rotatable bonds is 3. The number of aromatic nitrogens is 1. The number of thioether (sulfide) groups is 1. The molecule has 96 valence electrons. The molecule has 2 aromatic rings. The first-order valence-corrected chi connectivity index (χ1v) is 7.09. The maximum Gasteiger partial charge on any atom is 0.115 e. The molecule has 2 rings (SSSR count). The fraction of sp³-hybridized carbons (Fsp3) is 0.250. The van der Waals surface area contributed by atoms with E-state index in [0.29, 0.717) is 5.56 Å². The number of benzene rings is 1. The Balaban J connectivity index is 2.32. The highest BCUT2D eigenvalue weighted by Crippen LogP contribution is 2.36. The van der Waals surface area contributed by atoms with E-state index in [-0.39, 0.29) is 5.25 Å². The molecule has 1 aromatic carbocycles. The van der Waals surface area contributed by atoms with Crippen molar-refractivity contribution in [2.24, 2.45) is 0 Å². The number of aryl methyl sites for hydroxylation is 2. The predicted octanol–water partition coefficient (Wildman–Crippen LogP) is 4.42. The summed E-state index contributed by atoms with van der Waals surface area (Å²) in [4.78, 5) is 4.51. The smallest absolute Gasteiger partial charge is 0.115 e. The third kappa shape index (κ3) is 3.15. The molecule has 1 heterocycles. The summed E-state index contributed by atoms with van der Waals surface area (Å²) in [6.07, 6.45) is 0. The average molecular weight is 268 g/mol. The fourth-order valence-corrected chi connectivity index (χ4v) is 3.13. The fourth-order valence-electron chi connectivity index (χ4n) is 1.98. The molecule has 0 aliphatic carbocycles. The standard InChI is InChI=1S/C16H16N2S/c1-11-9-12(2)18-16(15(11)10-17)19-13(3)14-7-5-4-6-8-14/h4-9,13H,1-3H3. The van der Waals surface area contributed by atoms with E-state index in [1.54, 1.807) is 11.8 Å². The molecule has 0 aliphatic heterocycles. The zero-order valence-corrected chi connectivity index (χ0v) is 12.2. The SMILES string of the molecule is Cc1cc(C)c(C#N)c(SC(C)c2ccccc2)n1. The molecule has 19 heavy (non-hydrogen) atoms. The normalized spacial score (nSPS) is 11.9. The first kappa shape index (κ1) is 13.6. The van der Waals surface area contributed by atoms with Gasteiger partial charge in [-0.2, -0.15) is 5.26 Å². The van der Waals surface area contributed by atoms with Crippen molar-refractivity contribution in [2.45, 2.75) is 31.0 Å². The van der Waals surface area contributed by atoms with E-state index in [1.165, 1.54) is 5.56 Å². The molecule has 0 N–H and O–H groups in total. The summed E-state index contributed by atoms with van der Waals surface area (Å²) in [7, 11) is 0. The van der Waals surface area contributed by atoms with Gasteiger partial charge in [0, 0.05) is 10.9 Å². The Morgan fingerprint density at radius 3 is 2.53 bits per heavy atom. The molecule has 1 aromatic heterocycles. The second kappa shape index (κ2) is 5.90. The van der Waals surface area contributed by atoms with Crippen LogP contribution >= 0.6 is 11.8 Å². The highest BCUT2D eigenvalue weighted by atomic mass is 32.2. The third-order valence-electron chi connectivity index (χ3n) is 2.98. The van der Waals surface area contributed by atoms with Crippen molar-refractivity contribution in [3.05, 3.63) is 58.8 Å². The van der Waals surface area contributed by atoms with Crippen molar-refractivity contribution in [3.8, 4) is 6.07 Å². The lowest BCUT2D eigenvalue weighted by atomic mass is 10.1. The zero-order chi connectivity index (χ0) is 13.8. The molecular weight excluding hydrogens is 252 g/mol. The molecule has 0 saturated heterocycles. The third-order valence-corrected chi connectivity index (χ3v) is 4.13. The molecule has 3 heteroatoms. The number of nitriles is 1. The molecule has 0 bridgehead atoms. The first-order chi connectivity index (χ1) is 9.11. The van der Waals surface area contributed by atoms with E-state index in [1.807, 2.05) is 38.1 Å². The minimum atomic E-state index is 0.280. The van der Waals surface area contributed by atoms with Crippen LogP contribution < -0.4 is 0 Å². The highest BCUT2D eigenvalue weighted by Gasteiger charge is 2.14. The zero-order valence-electron chi connectivity index (χ0n) is 11.3. The quantitative estimate of drug-likeness (QED) is 0.773. The lowest BCUT2D eigenvalue weighted by Gasteiger charge is -2.13. The summed E-state index contributed by atoms with van der Waals surface area (Å²) in [5.74, 6) is 0. The van der Waals surface area contributed by atoms with Gasteiger partial charge in [-0.25, -0.2) is 4.98 Å². The molecular formula is C16H16N2S. The van der Waals surface area contributed by atoms with Crippen LogP contribution in [0, 0.1) is 25.2 Å². The second-order valence-corrected chi connectivity index (χ2v) is 5.87.